The van der Waals surface area contributed by atoms with Crippen molar-refractivity contribution in [3.05, 3.63) is 0 Å². The lowest BCUT2D eigenvalue weighted by molar-refractivity contribution is 0.824. The highest BCUT2D eigenvalue weighted by molar-refractivity contribution is 6.17. The normalized spacial score (nSPS) is 11.2. The van der Waals surface area contributed by atoms with Gasteiger partial charge >= 0.3 is 0 Å². The largest absolute Gasteiger partial charge is 0.412 e. The monoisotopic (exact) mass is 219 g/mol. The molecule has 3 heterocycles. The summed E-state index contributed by atoms with van der Waals surface area (Å²) in [5, 5.41) is 31.7. The Kier molecular flexibility index (Phi) is 1.46. The molecule has 10 nitrogen and oxygen atoms in total. The molecule has 0 saturated heterocycles. The van der Waals surface area contributed by atoms with Crippen LogP contribution >= 0.6 is 0 Å². The maximum Gasteiger partial charge on any atom is 0.145 e. The van der Waals surface area contributed by atoms with Crippen LogP contribution in [0, 0.1) is 0 Å². The first kappa shape index (κ1) is 8.67. The van der Waals surface area contributed by atoms with Crippen molar-refractivity contribution in [2.24, 2.45) is 0 Å². The number of benzene rings is 1. The first-order valence-corrected chi connectivity index (χ1v) is 4.18. The van der Waals surface area contributed by atoms with Crippen LogP contribution in [-0.2, 0) is 0 Å². The first-order valence-electron chi connectivity index (χ1n) is 4.18. The Morgan fingerprint density at radius 1 is 0.438 bits per heavy atom. The van der Waals surface area contributed by atoms with Gasteiger partial charge < -0.3 is 5.48 Å². The molecule has 4 rings (SSSR count). The van der Waals surface area contributed by atoms with E-state index in [9.17, 15) is 0 Å². The van der Waals surface area contributed by atoms with Gasteiger partial charge in [0.05, 0.1) is 0 Å². The Morgan fingerprint density at radius 3 is 0.812 bits per heavy atom. The molecule has 0 fully saturated rings. The van der Waals surface area contributed by atoms with Crippen LogP contribution in [0.4, 0.5) is 0 Å². The second-order valence-electron chi connectivity index (χ2n) is 3.06. The molecule has 0 aliphatic heterocycles. The molecule has 16 heavy (non-hydrogen) atoms. The molecule has 0 unspecified atom stereocenters. The van der Waals surface area contributed by atoms with Crippen LogP contribution in [0.3, 0.4) is 0 Å². The Hall–Kier alpha value is -2.62. The van der Waals surface area contributed by atoms with Crippen LogP contribution < -0.4 is 0 Å². The van der Waals surface area contributed by atoms with Gasteiger partial charge in [-0.25, -0.2) is 0 Å². The fourth-order valence-electron chi connectivity index (χ4n) is 1.68. The van der Waals surface area contributed by atoms with E-state index >= 15 is 0 Å². The van der Waals surface area contributed by atoms with Crippen molar-refractivity contribution < 1.29 is 5.48 Å². The van der Waals surface area contributed by atoms with Gasteiger partial charge in [-0.1, -0.05) is 0 Å². The molecule has 0 spiro atoms. The maximum absolute atomic E-state index is 4.01. The number of hydrogen-bond donors (Lipinski definition) is 3. The topological polar surface area (TPSA) is 156 Å². The third-order valence-electron chi connectivity index (χ3n) is 2.32. The van der Waals surface area contributed by atoms with E-state index in [2.05, 4.69) is 46.2 Å². The highest BCUT2D eigenvalue weighted by atomic mass is 16.0. The molecular formula is C6H5N9O. The third kappa shape index (κ3) is 0.791. The summed E-state index contributed by atoms with van der Waals surface area (Å²) < 4.78 is 0. The summed E-state index contributed by atoms with van der Waals surface area (Å²) in [7, 11) is 0. The number of fused-ring (bicyclic) bond motifs is 6. The Bertz CT molecular complexity index is 584. The number of nitrogens with one attached hydrogen (secondary N) is 3. The predicted molar refractivity (Wildman–Crippen MR) is 52.4 cm³/mol. The number of H-pyrrole nitrogens is 3. The summed E-state index contributed by atoms with van der Waals surface area (Å²) in [4.78, 5) is 0. The minimum absolute atomic E-state index is 0. The first-order chi connectivity index (χ1) is 7.45. The van der Waals surface area contributed by atoms with Crippen LogP contribution in [0.15, 0.2) is 0 Å². The van der Waals surface area contributed by atoms with E-state index in [4.69, 9.17) is 0 Å². The fraction of sp³-hybridized carbons (Fsp3) is 0. The minimum Gasteiger partial charge on any atom is -0.412 e. The molecule has 4 aromatic rings. The van der Waals surface area contributed by atoms with Crippen LogP contribution in [0.1, 0.15) is 0 Å². The Balaban J connectivity index is 0.000000810. The molecular weight excluding hydrogens is 214 g/mol. The molecule has 0 bridgehead atoms. The average Bonchev–Trinajstić information content (AvgIpc) is 2.97. The van der Waals surface area contributed by atoms with E-state index in [1.54, 1.807) is 0 Å². The standard InChI is InChI=1S/C6H3N9.H2O/c7-1-2(8-13-7)4-6(12-15-11-4)5-3(1)9-14-10-5;/h(H,7,8,13)(H,9,10,14)(H,11,12,15);1H2. The zero-order valence-electron chi connectivity index (χ0n) is 7.68. The summed E-state index contributed by atoms with van der Waals surface area (Å²) in [6.45, 7) is 0. The van der Waals surface area contributed by atoms with Gasteiger partial charge in [0.25, 0.3) is 0 Å². The van der Waals surface area contributed by atoms with E-state index in [1.807, 2.05) is 0 Å². The quantitative estimate of drug-likeness (QED) is 0.332. The highest BCUT2D eigenvalue weighted by Crippen LogP contribution is 2.26. The zero-order chi connectivity index (χ0) is 9.83. The lowest BCUT2D eigenvalue weighted by Crippen LogP contribution is -1.79. The van der Waals surface area contributed by atoms with Crippen LogP contribution in [0.2, 0.25) is 0 Å². The molecule has 0 aliphatic carbocycles. The van der Waals surface area contributed by atoms with Crippen LogP contribution in [0.5, 0.6) is 0 Å². The summed E-state index contributed by atoms with van der Waals surface area (Å²) in [5.74, 6) is 0. The predicted octanol–water partition coefficient (Wildman–Crippen LogP) is -1.32. The van der Waals surface area contributed by atoms with Gasteiger partial charge in [0.1, 0.15) is 33.1 Å². The van der Waals surface area contributed by atoms with Gasteiger partial charge in [0.15, 0.2) is 0 Å². The number of aromatic nitrogens is 9. The third-order valence-corrected chi connectivity index (χ3v) is 2.32. The van der Waals surface area contributed by atoms with E-state index < -0.39 is 0 Å². The lowest BCUT2D eigenvalue weighted by Gasteiger charge is -1.87. The second kappa shape index (κ2) is 2.70. The van der Waals surface area contributed by atoms with Crippen LogP contribution in [-0.4, -0.2) is 51.7 Å². The molecule has 5 N–H and O–H groups in total. The molecule has 0 amide bonds. The van der Waals surface area contributed by atoms with E-state index in [-0.39, 0.29) is 5.48 Å². The van der Waals surface area contributed by atoms with Crippen molar-refractivity contribution in [1.29, 1.82) is 0 Å². The van der Waals surface area contributed by atoms with Gasteiger partial charge in [-0.05, 0) is 0 Å². The van der Waals surface area contributed by atoms with E-state index in [0.29, 0.717) is 33.1 Å². The number of aromatic amines is 3. The van der Waals surface area contributed by atoms with Crippen molar-refractivity contribution >= 4 is 33.1 Å². The van der Waals surface area contributed by atoms with Gasteiger partial charge in [0, 0.05) is 0 Å². The molecule has 3 aromatic heterocycles. The second-order valence-corrected chi connectivity index (χ2v) is 3.06. The summed E-state index contributed by atoms with van der Waals surface area (Å²) in [6.07, 6.45) is 0. The van der Waals surface area contributed by atoms with Gasteiger partial charge in [0.2, 0.25) is 0 Å². The van der Waals surface area contributed by atoms with Gasteiger partial charge in [-0.3, -0.25) is 0 Å². The van der Waals surface area contributed by atoms with Crippen molar-refractivity contribution in [1.82, 2.24) is 46.2 Å². The van der Waals surface area contributed by atoms with E-state index in [0.717, 1.165) is 0 Å². The average molecular weight is 219 g/mol. The maximum atomic E-state index is 4.01. The Labute approximate surface area is 85.7 Å². The summed E-state index contributed by atoms with van der Waals surface area (Å²) in [6, 6.07) is 0. The molecule has 0 radical (unpaired) electrons. The Morgan fingerprint density at radius 2 is 0.625 bits per heavy atom. The van der Waals surface area contributed by atoms with Crippen molar-refractivity contribution in [2.45, 2.75) is 0 Å². The lowest BCUT2D eigenvalue weighted by atomic mass is 10.2. The van der Waals surface area contributed by atoms with Crippen molar-refractivity contribution in [2.75, 3.05) is 0 Å². The molecule has 10 heteroatoms. The van der Waals surface area contributed by atoms with Gasteiger partial charge in [-0.2, -0.15) is 46.2 Å². The minimum atomic E-state index is 0. The SMILES string of the molecule is O.n1[nH]nc2c1c1n[nH]nc1c1n[nH]nc21. The smallest absolute Gasteiger partial charge is 0.145 e. The number of nitrogens with zero attached hydrogens (tertiary/aromatic N) is 6. The summed E-state index contributed by atoms with van der Waals surface area (Å²) in [5.41, 5.74) is 3.83. The molecule has 80 valence electrons. The molecule has 1 aromatic carbocycles. The highest BCUT2D eigenvalue weighted by Gasteiger charge is 2.17. The van der Waals surface area contributed by atoms with Crippen molar-refractivity contribution in [3.63, 3.8) is 0 Å². The zero-order valence-corrected chi connectivity index (χ0v) is 7.68. The molecule has 0 atom stereocenters. The van der Waals surface area contributed by atoms with Crippen molar-refractivity contribution in [3.8, 4) is 0 Å². The van der Waals surface area contributed by atoms with E-state index in [1.165, 1.54) is 0 Å². The number of rotatable bonds is 0. The number of hydrogen-bond acceptors (Lipinski definition) is 6. The van der Waals surface area contributed by atoms with Crippen LogP contribution in [0.25, 0.3) is 33.1 Å². The molecule has 0 saturated carbocycles. The van der Waals surface area contributed by atoms with Gasteiger partial charge in [-0.15, -0.1) is 0 Å². The summed E-state index contributed by atoms with van der Waals surface area (Å²) >= 11 is 0. The fourth-order valence-corrected chi connectivity index (χ4v) is 1.68. The molecule has 0 aliphatic rings.